The lowest BCUT2D eigenvalue weighted by atomic mass is 10.1. The third-order valence-corrected chi connectivity index (χ3v) is 2.75. The number of nitrogens with two attached hydrogens (primary N) is 2. The van der Waals surface area contributed by atoms with Crippen LogP contribution in [-0.4, -0.2) is 41.5 Å². The number of carbonyl (C=O) groups excluding carboxylic acids is 1. The minimum Gasteiger partial charge on any atom is -0.395 e. The van der Waals surface area contributed by atoms with E-state index in [4.69, 9.17) is 16.6 Å². The van der Waals surface area contributed by atoms with E-state index in [-0.39, 0.29) is 12.5 Å². The van der Waals surface area contributed by atoms with Crippen LogP contribution < -0.4 is 16.8 Å². The van der Waals surface area contributed by atoms with Crippen LogP contribution in [0, 0.1) is 0 Å². The zero-order valence-electron chi connectivity index (χ0n) is 14.7. The molecule has 0 spiro atoms. The fourth-order valence-corrected chi connectivity index (χ4v) is 1.74. The molecule has 2 heterocycles. The summed E-state index contributed by atoms with van der Waals surface area (Å²) in [5.41, 5.74) is 12.8. The van der Waals surface area contributed by atoms with E-state index in [9.17, 15) is 4.79 Å². The van der Waals surface area contributed by atoms with E-state index in [0.29, 0.717) is 36.6 Å². The first-order chi connectivity index (χ1) is 11.6. The molecule has 1 aliphatic heterocycles. The molecule has 7 heteroatoms. The van der Waals surface area contributed by atoms with Gasteiger partial charge in [-0.3, -0.25) is 9.78 Å². The van der Waals surface area contributed by atoms with Gasteiger partial charge in [0.25, 0.3) is 0 Å². The van der Waals surface area contributed by atoms with Gasteiger partial charge in [0.2, 0.25) is 5.91 Å². The lowest BCUT2D eigenvalue weighted by Crippen LogP contribution is -2.27. The van der Waals surface area contributed by atoms with Gasteiger partial charge in [-0.05, 0) is 18.6 Å². The van der Waals surface area contributed by atoms with Gasteiger partial charge >= 0.3 is 0 Å². The van der Waals surface area contributed by atoms with E-state index in [0.717, 1.165) is 12.0 Å². The fraction of sp³-hybridized carbons (Fsp3) is 0.471. The Kier molecular flexibility index (Phi) is 12.0. The summed E-state index contributed by atoms with van der Waals surface area (Å²) in [6, 6.07) is 1.82. The van der Waals surface area contributed by atoms with Crippen molar-refractivity contribution in [2.45, 2.75) is 33.6 Å². The van der Waals surface area contributed by atoms with E-state index in [1.807, 2.05) is 32.9 Å². The molecule has 0 unspecified atom stereocenters. The van der Waals surface area contributed by atoms with Gasteiger partial charge in [-0.2, -0.15) is 0 Å². The topological polar surface area (TPSA) is 127 Å². The van der Waals surface area contributed by atoms with Crippen molar-refractivity contribution >= 4 is 23.5 Å². The molecule has 0 radical (unpaired) electrons. The lowest BCUT2D eigenvalue weighted by molar-refractivity contribution is -0.117. The summed E-state index contributed by atoms with van der Waals surface area (Å²) in [5.74, 6) is 0.347. The fourth-order valence-electron chi connectivity index (χ4n) is 1.74. The van der Waals surface area contributed by atoms with Crippen molar-refractivity contribution < 1.29 is 9.90 Å². The number of carbonyl (C=O) groups is 1. The van der Waals surface area contributed by atoms with Gasteiger partial charge < -0.3 is 21.9 Å². The quantitative estimate of drug-likeness (QED) is 0.660. The van der Waals surface area contributed by atoms with Crippen LogP contribution in [0.2, 0.25) is 0 Å². The van der Waals surface area contributed by atoms with Crippen molar-refractivity contribution in [1.29, 1.82) is 0 Å². The summed E-state index contributed by atoms with van der Waals surface area (Å²) < 4.78 is 0. The normalized spacial score (nSPS) is 12.0. The molecule has 6 N–H and O–H groups in total. The molecule has 2 rings (SSSR count). The van der Waals surface area contributed by atoms with Crippen molar-refractivity contribution in [3.05, 3.63) is 29.6 Å². The number of pyridine rings is 1. The van der Waals surface area contributed by atoms with Crippen LogP contribution in [0.5, 0.6) is 0 Å². The average molecular weight is 335 g/mol. The number of fused-ring (bicyclic) bond motifs is 1. The summed E-state index contributed by atoms with van der Waals surface area (Å²) in [7, 11) is 0. The van der Waals surface area contributed by atoms with E-state index >= 15 is 0 Å². The Morgan fingerprint density at radius 3 is 2.67 bits per heavy atom. The van der Waals surface area contributed by atoms with Crippen molar-refractivity contribution in [2.75, 3.05) is 19.7 Å². The van der Waals surface area contributed by atoms with Gasteiger partial charge in [-0.1, -0.05) is 20.8 Å². The smallest absolute Gasteiger partial charge is 0.247 e. The number of hydrogen-bond acceptors (Lipinski definition) is 6. The van der Waals surface area contributed by atoms with Crippen LogP contribution in [0.15, 0.2) is 29.0 Å². The number of amides is 1. The number of aliphatic hydroxyl groups excluding tert-OH is 1. The van der Waals surface area contributed by atoms with Gasteiger partial charge in [0, 0.05) is 36.8 Å². The third kappa shape index (κ3) is 7.85. The maximum atomic E-state index is 12.0. The number of hydrogen-bond donors (Lipinski definition) is 4. The molecule has 0 fully saturated rings. The van der Waals surface area contributed by atoms with E-state index < -0.39 is 0 Å². The zero-order chi connectivity index (χ0) is 18.4. The molecule has 0 atom stereocenters. The molecule has 0 aliphatic carbocycles. The molecule has 134 valence electrons. The maximum absolute atomic E-state index is 12.0. The van der Waals surface area contributed by atoms with Gasteiger partial charge in [0.15, 0.2) is 0 Å². The molecule has 0 saturated heterocycles. The predicted molar refractivity (Wildman–Crippen MR) is 98.9 cm³/mol. The minimum absolute atomic E-state index is 0.0836. The molecule has 1 aromatic heterocycles. The molecule has 24 heavy (non-hydrogen) atoms. The Morgan fingerprint density at radius 1 is 1.42 bits per heavy atom. The first kappa shape index (κ1) is 21.8. The first-order valence-corrected chi connectivity index (χ1v) is 8.19. The maximum Gasteiger partial charge on any atom is 0.247 e. The molecule has 1 aliphatic rings. The van der Waals surface area contributed by atoms with Crippen molar-refractivity contribution in [1.82, 2.24) is 10.3 Å². The van der Waals surface area contributed by atoms with Crippen LogP contribution in [0.3, 0.4) is 0 Å². The Bertz CT molecular complexity index is 554. The molecule has 0 bridgehead atoms. The SMILES string of the molecule is CC.CCCNC(=O)C1=Cc2ccncc2N=C(N)C1.NCCO. The largest absolute Gasteiger partial charge is 0.395 e. The first-order valence-electron chi connectivity index (χ1n) is 8.19. The monoisotopic (exact) mass is 335 g/mol. The Morgan fingerprint density at radius 2 is 2.08 bits per heavy atom. The predicted octanol–water partition coefficient (Wildman–Crippen LogP) is 1.35. The summed E-state index contributed by atoms with van der Waals surface area (Å²) in [6.45, 7) is 7.15. The Labute approximate surface area is 143 Å². The summed E-state index contributed by atoms with van der Waals surface area (Å²) in [6.07, 6.45) is 6.41. The molecular formula is C17H29N5O2. The molecule has 0 aromatic carbocycles. The highest BCUT2D eigenvalue weighted by Gasteiger charge is 2.15. The highest BCUT2D eigenvalue weighted by atomic mass is 16.3. The number of amidine groups is 1. The number of rotatable bonds is 4. The van der Waals surface area contributed by atoms with Crippen molar-refractivity contribution in [2.24, 2.45) is 16.5 Å². The van der Waals surface area contributed by atoms with Crippen molar-refractivity contribution in [3.63, 3.8) is 0 Å². The minimum atomic E-state index is -0.0836. The number of aromatic nitrogens is 1. The highest BCUT2D eigenvalue weighted by molar-refractivity contribution is 6.05. The highest BCUT2D eigenvalue weighted by Crippen LogP contribution is 2.24. The molecule has 1 aromatic rings. The number of nitrogens with one attached hydrogen (secondary N) is 1. The number of nitrogens with zero attached hydrogens (tertiary/aromatic N) is 2. The molecule has 7 nitrogen and oxygen atoms in total. The zero-order valence-corrected chi connectivity index (χ0v) is 14.7. The lowest BCUT2D eigenvalue weighted by Gasteiger charge is -2.06. The third-order valence-electron chi connectivity index (χ3n) is 2.75. The second kappa shape index (κ2) is 13.2. The van der Waals surface area contributed by atoms with E-state index in [1.165, 1.54) is 0 Å². The Hall–Kier alpha value is -2.25. The average Bonchev–Trinajstić information content (AvgIpc) is 2.79. The number of aliphatic imine (C=N–C) groups is 1. The standard InChI is InChI=1S/C13H16N4O.C2H7NO.C2H6/c1-2-4-16-13(18)10-6-9-3-5-15-8-11(9)17-12(14)7-10;3-1-2-4;1-2/h3,5-6,8H,2,4,7H2,1H3,(H2,14,17)(H,16,18);4H,1-3H2;1-2H3. The van der Waals surface area contributed by atoms with Gasteiger partial charge in [-0.25, -0.2) is 4.99 Å². The second-order valence-electron chi connectivity index (χ2n) is 4.65. The Balaban J connectivity index is 0.000000773. The van der Waals surface area contributed by atoms with E-state index in [2.05, 4.69) is 15.3 Å². The molecular weight excluding hydrogens is 306 g/mol. The van der Waals surface area contributed by atoms with Crippen molar-refractivity contribution in [3.8, 4) is 0 Å². The second-order valence-corrected chi connectivity index (χ2v) is 4.65. The summed E-state index contributed by atoms with van der Waals surface area (Å²) in [4.78, 5) is 20.2. The van der Waals surface area contributed by atoms with Gasteiger partial charge in [0.1, 0.15) is 5.84 Å². The van der Waals surface area contributed by atoms with Crippen LogP contribution in [0.4, 0.5) is 5.69 Å². The van der Waals surface area contributed by atoms with Gasteiger partial charge in [0.05, 0.1) is 18.5 Å². The molecule has 1 amide bonds. The van der Waals surface area contributed by atoms with E-state index in [1.54, 1.807) is 12.4 Å². The number of aliphatic hydroxyl groups is 1. The molecule has 0 saturated carbocycles. The van der Waals surface area contributed by atoms with Crippen LogP contribution >= 0.6 is 0 Å². The summed E-state index contributed by atoms with van der Waals surface area (Å²) >= 11 is 0. The van der Waals surface area contributed by atoms with Gasteiger partial charge in [-0.15, -0.1) is 0 Å². The van der Waals surface area contributed by atoms with Crippen LogP contribution in [-0.2, 0) is 4.79 Å². The van der Waals surface area contributed by atoms with Crippen LogP contribution in [0.1, 0.15) is 39.2 Å². The van der Waals surface area contributed by atoms with Crippen LogP contribution in [0.25, 0.3) is 6.08 Å². The summed E-state index contributed by atoms with van der Waals surface area (Å²) in [5, 5.41) is 10.6.